The highest BCUT2D eigenvalue weighted by Crippen LogP contribution is 2.36. The number of pyridine rings is 2. The first-order chi connectivity index (χ1) is 40.4. The van der Waals surface area contributed by atoms with Gasteiger partial charge in [-0.1, -0.05) is 64.1 Å². The number of carboxylic acid groups (broad SMARTS) is 1. The third-order valence-electron chi connectivity index (χ3n) is 15.2. The van der Waals surface area contributed by atoms with Crippen LogP contribution in [0.1, 0.15) is 140 Å². The minimum atomic E-state index is -1.38. The zero-order chi connectivity index (χ0) is 64.0. The fourth-order valence-electron chi connectivity index (χ4n) is 10.8. The second-order valence-electron chi connectivity index (χ2n) is 23.8. The molecule has 4 atom stereocenters. The molecule has 18 heteroatoms. The van der Waals surface area contributed by atoms with Gasteiger partial charge in [-0.05, 0) is 205 Å². The van der Waals surface area contributed by atoms with Gasteiger partial charge in [-0.3, -0.25) is 28.8 Å². The lowest BCUT2D eigenvalue weighted by Crippen LogP contribution is -2.40. The quantitative estimate of drug-likeness (QED) is 0.0370. The van der Waals surface area contributed by atoms with E-state index in [9.17, 15) is 38.3 Å². The number of likely N-dealkylation sites (N-methyl/N-ethyl adjacent to an activating group) is 2. The standard InChI is InChI=1S/C35H45F2N3O4.C33H41F2N3O4/c1-9-44-32(42)19-29(27-17-26(18-28(36)34(27)37)33-22(4)11-10-12-23(33)5)38-35(43)30(15-21(2)3)40-20-25(13-14-39(7)8)24(6)16-31(40)41;1-19(2)13-28(38-18-23(11-12-37(6)7)22(5)14-29(38)39)33(42)36-27(17-30(40)41)25-15-24(16-26(34)32(25)35)31-20(3)9-8-10-21(31)4/h10-12,16-18,20-21,29-30H,9,13-15,19H2,1-8H3,(H,38,43);8-10,14-16,18-19,27-28H,11-13,17H2,1-7H3,(H,36,42)(H,40,41)/t29-,30-;27-,28-/m00/s1. The summed E-state index contributed by atoms with van der Waals surface area (Å²) in [5.74, 6) is -7.79. The highest BCUT2D eigenvalue weighted by atomic mass is 19.2. The molecule has 0 aliphatic carbocycles. The minimum Gasteiger partial charge on any atom is -0.481 e. The molecule has 0 aliphatic heterocycles. The van der Waals surface area contributed by atoms with Gasteiger partial charge in [0.15, 0.2) is 23.3 Å². The van der Waals surface area contributed by atoms with Gasteiger partial charge in [-0.15, -0.1) is 0 Å². The number of ether oxygens (including phenoxy) is 1. The fraction of sp³-hybridized carbons (Fsp3) is 0.441. The first-order valence-corrected chi connectivity index (χ1v) is 29.2. The Kier molecular flexibility index (Phi) is 25.0. The maximum Gasteiger partial charge on any atom is 0.308 e. The van der Waals surface area contributed by atoms with Gasteiger partial charge in [0.1, 0.15) is 12.1 Å². The van der Waals surface area contributed by atoms with E-state index in [1.807, 2.05) is 144 Å². The number of rotatable bonds is 25. The van der Waals surface area contributed by atoms with Crippen molar-refractivity contribution in [3.05, 3.63) is 185 Å². The molecule has 0 unspecified atom stereocenters. The molecule has 464 valence electrons. The maximum absolute atomic E-state index is 15.5. The Bertz CT molecular complexity index is 3480. The molecule has 0 radical (unpaired) electrons. The molecule has 0 aliphatic rings. The number of aromatic nitrogens is 2. The number of hydrogen-bond donors (Lipinski definition) is 3. The van der Waals surface area contributed by atoms with Crippen molar-refractivity contribution in [3.63, 3.8) is 0 Å². The summed E-state index contributed by atoms with van der Waals surface area (Å²) in [4.78, 5) is 82.8. The van der Waals surface area contributed by atoms with E-state index in [1.165, 1.54) is 33.4 Å². The predicted octanol–water partition coefficient (Wildman–Crippen LogP) is 12.0. The van der Waals surface area contributed by atoms with Crippen molar-refractivity contribution in [2.75, 3.05) is 47.9 Å². The second kappa shape index (κ2) is 31.1. The molecule has 2 aromatic heterocycles. The molecular weight excluding hydrogens is 1100 g/mol. The van der Waals surface area contributed by atoms with E-state index in [0.717, 1.165) is 75.3 Å². The van der Waals surface area contributed by atoms with Gasteiger partial charge in [-0.2, -0.15) is 0 Å². The first-order valence-electron chi connectivity index (χ1n) is 29.2. The van der Waals surface area contributed by atoms with Crippen molar-refractivity contribution >= 4 is 23.8 Å². The van der Waals surface area contributed by atoms with Gasteiger partial charge in [0.25, 0.3) is 11.1 Å². The van der Waals surface area contributed by atoms with Crippen LogP contribution in [0.5, 0.6) is 0 Å². The minimum absolute atomic E-state index is 0.00126. The molecule has 14 nitrogen and oxygen atoms in total. The largest absolute Gasteiger partial charge is 0.481 e. The summed E-state index contributed by atoms with van der Waals surface area (Å²) >= 11 is 0. The van der Waals surface area contributed by atoms with E-state index in [0.29, 0.717) is 36.0 Å². The number of amides is 2. The van der Waals surface area contributed by atoms with Crippen LogP contribution in [-0.2, 0) is 36.8 Å². The number of carbonyl (C=O) groups is 4. The molecule has 3 N–H and O–H groups in total. The van der Waals surface area contributed by atoms with Crippen molar-refractivity contribution in [3.8, 4) is 22.3 Å². The molecule has 0 fully saturated rings. The number of hydrogen-bond acceptors (Lipinski definition) is 9. The summed E-state index contributed by atoms with van der Waals surface area (Å²) in [6, 6.07) is 14.7. The lowest BCUT2D eigenvalue weighted by molar-refractivity contribution is -0.144. The van der Waals surface area contributed by atoms with Crippen LogP contribution in [0.25, 0.3) is 22.3 Å². The Balaban J connectivity index is 0.000000314. The van der Waals surface area contributed by atoms with Crippen LogP contribution in [0, 0.1) is 76.6 Å². The third kappa shape index (κ3) is 18.4. The van der Waals surface area contributed by atoms with Gasteiger partial charge >= 0.3 is 11.9 Å². The molecule has 4 aromatic carbocycles. The Morgan fingerprint density at radius 3 is 1.24 bits per heavy atom. The Labute approximate surface area is 503 Å². The molecule has 6 aromatic rings. The van der Waals surface area contributed by atoms with Gasteiger partial charge in [-0.25, -0.2) is 17.6 Å². The number of aryl methyl sites for hydroxylation is 6. The summed E-state index contributed by atoms with van der Waals surface area (Å²) in [6.07, 6.45) is 4.23. The summed E-state index contributed by atoms with van der Waals surface area (Å²) in [5.41, 5.74) is 7.99. The Morgan fingerprint density at radius 2 is 0.919 bits per heavy atom. The topological polar surface area (TPSA) is 172 Å². The molecule has 0 spiro atoms. The summed E-state index contributed by atoms with van der Waals surface area (Å²) in [7, 11) is 7.81. The van der Waals surface area contributed by atoms with Crippen molar-refractivity contribution in [1.82, 2.24) is 29.6 Å². The van der Waals surface area contributed by atoms with Crippen molar-refractivity contribution in [2.45, 2.75) is 139 Å². The van der Waals surface area contributed by atoms with Crippen LogP contribution in [0.3, 0.4) is 0 Å². The number of carbonyl (C=O) groups excluding carboxylic acids is 3. The zero-order valence-corrected chi connectivity index (χ0v) is 52.5. The first kappa shape index (κ1) is 69.1. The number of carboxylic acids is 1. The molecular formula is C68H86F4N6O8. The molecule has 0 saturated carbocycles. The normalized spacial score (nSPS) is 12.9. The number of benzene rings is 4. The van der Waals surface area contributed by atoms with Crippen LogP contribution in [0.2, 0.25) is 0 Å². The predicted molar refractivity (Wildman–Crippen MR) is 330 cm³/mol. The SMILES string of the molecule is CCOC(=O)C[C@H](NC(=O)[C@H](CC(C)C)n1cc(CCN(C)C)c(C)cc1=O)c1cc(-c2c(C)cccc2C)cc(F)c1F.Cc1cc(=O)n([C@@H](CC(C)C)C(=O)N[C@@H](CC(=O)O)c2cc(-c3c(C)cccc3C)cc(F)c2F)cc1CCN(C)C. The van der Waals surface area contributed by atoms with Gasteiger partial charge < -0.3 is 39.4 Å². The van der Waals surface area contributed by atoms with E-state index in [1.54, 1.807) is 19.3 Å². The maximum atomic E-state index is 15.5. The second-order valence-corrected chi connectivity index (χ2v) is 23.8. The van der Waals surface area contributed by atoms with Gasteiger partial charge in [0.05, 0.1) is 31.5 Å². The number of aliphatic carboxylic acids is 1. The average Bonchev–Trinajstić information content (AvgIpc) is 1.27. The molecule has 0 saturated heterocycles. The molecule has 0 bridgehead atoms. The fourth-order valence-corrected chi connectivity index (χ4v) is 10.8. The van der Waals surface area contributed by atoms with E-state index in [2.05, 4.69) is 10.6 Å². The van der Waals surface area contributed by atoms with Crippen molar-refractivity contribution < 1.29 is 46.6 Å². The van der Waals surface area contributed by atoms with Crippen LogP contribution >= 0.6 is 0 Å². The summed E-state index contributed by atoms with van der Waals surface area (Å²) < 4.78 is 69.0. The van der Waals surface area contributed by atoms with Gasteiger partial charge in [0.2, 0.25) is 11.8 Å². The van der Waals surface area contributed by atoms with E-state index in [-0.39, 0.29) is 47.1 Å². The van der Waals surface area contributed by atoms with Gasteiger partial charge in [0, 0.05) is 48.7 Å². The van der Waals surface area contributed by atoms with Crippen molar-refractivity contribution in [1.29, 1.82) is 0 Å². The van der Waals surface area contributed by atoms with Crippen LogP contribution in [-0.4, -0.2) is 95.7 Å². The number of esters is 1. The Hall–Kier alpha value is -7.70. The molecule has 2 heterocycles. The molecule has 2 amide bonds. The van der Waals surface area contributed by atoms with E-state index >= 15 is 13.2 Å². The van der Waals surface area contributed by atoms with E-state index < -0.39 is 84.0 Å². The van der Waals surface area contributed by atoms with Crippen LogP contribution < -0.4 is 21.8 Å². The van der Waals surface area contributed by atoms with Crippen LogP contribution in [0.4, 0.5) is 17.6 Å². The zero-order valence-electron chi connectivity index (χ0n) is 52.5. The van der Waals surface area contributed by atoms with Crippen LogP contribution in [0.15, 0.2) is 94.8 Å². The lowest BCUT2D eigenvalue weighted by atomic mass is 9.92. The number of nitrogens with one attached hydrogen (secondary N) is 2. The Morgan fingerprint density at radius 1 is 0.558 bits per heavy atom. The number of nitrogens with zero attached hydrogens (tertiary/aromatic N) is 4. The lowest BCUT2D eigenvalue weighted by Gasteiger charge is -2.26. The van der Waals surface area contributed by atoms with E-state index in [4.69, 9.17) is 4.74 Å². The number of halogens is 4. The highest BCUT2D eigenvalue weighted by molar-refractivity contribution is 5.83. The van der Waals surface area contributed by atoms with Crippen molar-refractivity contribution in [2.24, 2.45) is 11.8 Å². The third-order valence-corrected chi connectivity index (χ3v) is 15.2. The monoisotopic (exact) mass is 1190 g/mol. The average molecular weight is 1190 g/mol. The highest BCUT2D eigenvalue weighted by Gasteiger charge is 2.33. The molecule has 86 heavy (non-hydrogen) atoms. The molecule has 6 rings (SSSR count). The smallest absolute Gasteiger partial charge is 0.308 e. The summed E-state index contributed by atoms with van der Waals surface area (Å²) in [5, 5.41) is 15.1. The summed E-state index contributed by atoms with van der Waals surface area (Å²) in [6.45, 7) is 22.1.